The van der Waals surface area contributed by atoms with Gasteiger partial charge in [-0.25, -0.2) is 0 Å². The molecule has 0 saturated heterocycles. The van der Waals surface area contributed by atoms with Gasteiger partial charge in [0.25, 0.3) is 0 Å². The Morgan fingerprint density at radius 2 is 1.29 bits per heavy atom. The summed E-state index contributed by atoms with van der Waals surface area (Å²) in [6.45, 7) is 14.1. The lowest BCUT2D eigenvalue weighted by Gasteiger charge is -2.44. The molecule has 0 aromatic heterocycles. The van der Waals surface area contributed by atoms with Crippen molar-refractivity contribution >= 4 is 25.6 Å². The van der Waals surface area contributed by atoms with Crippen LogP contribution < -0.4 is 0 Å². The molecular weight excluding hydrogens is 376 g/mol. The van der Waals surface area contributed by atoms with Crippen LogP contribution in [-0.2, 0) is 5.75 Å². The van der Waals surface area contributed by atoms with E-state index in [-0.39, 0.29) is 5.78 Å². The molecule has 0 aliphatic heterocycles. The number of ketones is 1. The first-order chi connectivity index (χ1) is 13.3. The van der Waals surface area contributed by atoms with Crippen LogP contribution in [0.15, 0.2) is 71.3 Å². The van der Waals surface area contributed by atoms with Crippen molar-refractivity contribution in [3.05, 3.63) is 82.4 Å². The van der Waals surface area contributed by atoms with Gasteiger partial charge in [-0.3, -0.25) is 4.79 Å². The first-order valence-electron chi connectivity index (χ1n) is 10.3. The monoisotopic (exact) mass is 410 g/mol. The predicted octanol–water partition coefficient (Wildman–Crippen LogP) is 7.90. The molecule has 0 bridgehead atoms. The summed E-state index contributed by atoms with van der Waals surface area (Å²) in [5.74, 6) is 1.05. The van der Waals surface area contributed by atoms with Crippen LogP contribution in [-0.4, -0.2) is 13.9 Å². The van der Waals surface area contributed by atoms with E-state index in [0.29, 0.717) is 16.6 Å². The van der Waals surface area contributed by atoms with E-state index in [2.05, 4.69) is 71.9 Å². The Kier molecular flexibility index (Phi) is 8.33. The van der Waals surface area contributed by atoms with Gasteiger partial charge in [0.1, 0.15) is 8.07 Å². The summed E-state index contributed by atoms with van der Waals surface area (Å²) >= 11 is 1.89. The van der Waals surface area contributed by atoms with Gasteiger partial charge in [-0.1, -0.05) is 102 Å². The highest BCUT2D eigenvalue weighted by molar-refractivity contribution is 8.04. The van der Waals surface area contributed by atoms with Gasteiger partial charge < -0.3 is 0 Å². The number of thioether (sulfide) groups is 1. The van der Waals surface area contributed by atoms with Gasteiger partial charge in [0.05, 0.1) is 0 Å². The number of hydrogen-bond donors (Lipinski definition) is 0. The third kappa shape index (κ3) is 5.06. The van der Waals surface area contributed by atoms with Crippen LogP contribution >= 0.6 is 11.8 Å². The highest BCUT2D eigenvalue weighted by Crippen LogP contribution is 2.50. The summed E-state index contributed by atoms with van der Waals surface area (Å²) in [7, 11) is -1.90. The quantitative estimate of drug-likeness (QED) is 0.237. The molecule has 0 spiro atoms. The van der Waals surface area contributed by atoms with Gasteiger partial charge in [-0.05, 0) is 32.8 Å². The van der Waals surface area contributed by atoms with Crippen LogP contribution in [0.5, 0.6) is 0 Å². The normalized spacial score (nSPS) is 12.8. The third-order valence-electron chi connectivity index (χ3n) is 5.85. The maximum atomic E-state index is 13.1. The zero-order chi connectivity index (χ0) is 20.7. The zero-order valence-corrected chi connectivity index (χ0v) is 19.9. The summed E-state index contributed by atoms with van der Waals surface area (Å²) < 4.78 is 1.35. The molecule has 0 aliphatic rings. The van der Waals surface area contributed by atoms with Crippen molar-refractivity contribution in [1.82, 2.24) is 0 Å². The van der Waals surface area contributed by atoms with Crippen molar-refractivity contribution in [1.29, 1.82) is 0 Å². The van der Waals surface area contributed by atoms with Crippen LogP contribution in [0.3, 0.4) is 0 Å². The summed E-state index contributed by atoms with van der Waals surface area (Å²) in [5, 5.41) is 0. The van der Waals surface area contributed by atoms with Crippen LogP contribution in [0.2, 0.25) is 16.6 Å². The molecule has 0 saturated carbocycles. The van der Waals surface area contributed by atoms with Crippen LogP contribution in [0, 0.1) is 0 Å². The summed E-state index contributed by atoms with van der Waals surface area (Å²) in [6.07, 6.45) is 1.98. The predicted molar refractivity (Wildman–Crippen MR) is 128 cm³/mol. The molecule has 0 heterocycles. The molecule has 28 heavy (non-hydrogen) atoms. The molecule has 0 unspecified atom stereocenters. The van der Waals surface area contributed by atoms with Crippen molar-refractivity contribution in [2.45, 2.75) is 63.9 Å². The standard InChI is InChI=1S/C25H34OSSi/c1-19(2)28(20(3)4,21(5)6)25(27-18-22-13-9-7-10-14-22)17-24(26)23-15-11-8-12-16-23/h7-17,19-21H,18H2,1-6H3/b25-17+. The Bertz CT molecular complexity index is 757. The smallest absolute Gasteiger partial charge is 0.186 e. The van der Waals surface area contributed by atoms with E-state index in [1.54, 1.807) is 0 Å². The van der Waals surface area contributed by atoms with E-state index in [4.69, 9.17) is 0 Å². The first kappa shape index (κ1) is 22.7. The fourth-order valence-electron chi connectivity index (χ4n) is 4.69. The molecule has 0 aliphatic carbocycles. The molecule has 3 heteroatoms. The Labute approximate surface area is 176 Å². The number of carbonyl (C=O) groups is 1. The van der Waals surface area contributed by atoms with Crippen LogP contribution in [0.4, 0.5) is 0 Å². The third-order valence-corrected chi connectivity index (χ3v) is 15.0. The SMILES string of the molecule is CC(C)[Si](/C(=C/C(=O)c1ccccc1)SCc1ccccc1)(C(C)C)C(C)C. The summed E-state index contributed by atoms with van der Waals surface area (Å²) in [6, 6.07) is 20.3. The van der Waals surface area contributed by atoms with E-state index in [0.717, 1.165) is 11.3 Å². The Balaban J connectivity index is 2.50. The van der Waals surface area contributed by atoms with Gasteiger partial charge in [0.15, 0.2) is 5.78 Å². The van der Waals surface area contributed by atoms with Gasteiger partial charge in [0, 0.05) is 11.3 Å². The molecular formula is C25H34OSSi. The minimum atomic E-state index is -1.90. The highest BCUT2D eigenvalue weighted by Gasteiger charge is 2.46. The second kappa shape index (κ2) is 10.3. The molecule has 150 valence electrons. The fourth-order valence-corrected chi connectivity index (χ4v) is 14.8. The average Bonchev–Trinajstić information content (AvgIpc) is 2.67. The fraction of sp³-hybridized carbons (Fsp3) is 0.400. The second-order valence-electron chi connectivity index (χ2n) is 8.41. The molecule has 2 rings (SSSR count). The minimum Gasteiger partial charge on any atom is -0.289 e. The highest BCUT2D eigenvalue weighted by atomic mass is 32.2. The molecule has 0 radical (unpaired) electrons. The molecule has 0 amide bonds. The molecule has 2 aromatic carbocycles. The average molecular weight is 411 g/mol. The zero-order valence-electron chi connectivity index (χ0n) is 18.1. The Morgan fingerprint density at radius 3 is 1.75 bits per heavy atom. The van der Waals surface area contributed by atoms with Gasteiger partial charge in [0.2, 0.25) is 0 Å². The largest absolute Gasteiger partial charge is 0.289 e. The number of hydrogen-bond acceptors (Lipinski definition) is 2. The van der Waals surface area contributed by atoms with Gasteiger partial charge in [-0.2, -0.15) is 0 Å². The Hall–Kier alpha value is -1.58. The van der Waals surface area contributed by atoms with Crippen molar-refractivity contribution in [2.24, 2.45) is 0 Å². The van der Waals surface area contributed by atoms with Gasteiger partial charge in [-0.15, -0.1) is 11.8 Å². The number of rotatable bonds is 9. The van der Waals surface area contributed by atoms with E-state index >= 15 is 0 Å². The summed E-state index contributed by atoms with van der Waals surface area (Å²) in [4.78, 5) is 13.1. The molecule has 1 nitrogen and oxygen atoms in total. The molecule has 2 aromatic rings. The number of allylic oxidation sites excluding steroid dienone is 1. The van der Waals surface area contributed by atoms with Crippen molar-refractivity contribution in [2.75, 3.05) is 0 Å². The van der Waals surface area contributed by atoms with Crippen molar-refractivity contribution < 1.29 is 4.79 Å². The topological polar surface area (TPSA) is 17.1 Å². The maximum Gasteiger partial charge on any atom is 0.186 e. The molecule has 0 N–H and O–H groups in total. The van der Waals surface area contributed by atoms with E-state index in [1.807, 2.05) is 48.2 Å². The number of carbonyl (C=O) groups excluding carboxylic acids is 1. The molecule has 0 atom stereocenters. The summed E-state index contributed by atoms with van der Waals surface area (Å²) in [5.41, 5.74) is 3.81. The van der Waals surface area contributed by atoms with Crippen LogP contribution in [0.1, 0.15) is 57.5 Å². The van der Waals surface area contributed by atoms with E-state index in [9.17, 15) is 4.79 Å². The lowest BCUT2D eigenvalue weighted by atomic mass is 10.1. The van der Waals surface area contributed by atoms with Crippen LogP contribution in [0.25, 0.3) is 0 Å². The second-order valence-corrected chi connectivity index (χ2v) is 15.7. The van der Waals surface area contributed by atoms with E-state index in [1.165, 1.54) is 10.1 Å². The van der Waals surface area contributed by atoms with E-state index < -0.39 is 8.07 Å². The lowest BCUT2D eigenvalue weighted by Crippen LogP contribution is -2.46. The minimum absolute atomic E-state index is 0.134. The van der Waals surface area contributed by atoms with Crippen molar-refractivity contribution in [3.63, 3.8) is 0 Å². The molecule has 0 fully saturated rings. The lowest BCUT2D eigenvalue weighted by molar-refractivity contribution is 0.104. The first-order valence-corrected chi connectivity index (χ1v) is 13.5. The van der Waals surface area contributed by atoms with Gasteiger partial charge >= 0.3 is 0 Å². The number of benzene rings is 2. The Morgan fingerprint density at radius 1 is 0.821 bits per heavy atom. The maximum absolute atomic E-state index is 13.1. The van der Waals surface area contributed by atoms with Crippen molar-refractivity contribution in [3.8, 4) is 0 Å².